The van der Waals surface area contributed by atoms with Crippen molar-refractivity contribution in [3.8, 4) is 0 Å². The molecule has 20 heavy (non-hydrogen) atoms. The number of nitrogens with zero attached hydrogens (tertiary/aromatic N) is 1. The zero-order valence-corrected chi connectivity index (χ0v) is 11.3. The van der Waals surface area contributed by atoms with Gasteiger partial charge in [0.25, 0.3) is 0 Å². The summed E-state index contributed by atoms with van der Waals surface area (Å²) in [4.78, 5) is 24.2. The van der Waals surface area contributed by atoms with E-state index in [0.717, 1.165) is 11.0 Å². The summed E-state index contributed by atoms with van der Waals surface area (Å²) in [6.45, 7) is 1.68. The first-order chi connectivity index (χ1) is 9.41. The van der Waals surface area contributed by atoms with Crippen LogP contribution in [0, 0.1) is 11.6 Å². The minimum atomic E-state index is -1.17. The number of amides is 2. The molecule has 0 aliphatic carbocycles. The van der Waals surface area contributed by atoms with Crippen LogP contribution in [-0.2, 0) is 4.79 Å². The fraction of sp³-hybridized carbons (Fsp3) is 0.333. The van der Waals surface area contributed by atoms with Crippen LogP contribution in [0.1, 0.15) is 6.92 Å². The fourth-order valence-corrected chi connectivity index (χ4v) is 3.09. The molecule has 5 nitrogen and oxygen atoms in total. The highest BCUT2D eigenvalue weighted by atomic mass is 32.2. The molecule has 1 saturated heterocycles. The van der Waals surface area contributed by atoms with E-state index in [0.29, 0.717) is 0 Å². The number of aliphatic carboxylic acids is 1. The van der Waals surface area contributed by atoms with E-state index < -0.39 is 29.7 Å². The molecule has 0 radical (unpaired) electrons. The van der Waals surface area contributed by atoms with Gasteiger partial charge >= 0.3 is 12.0 Å². The van der Waals surface area contributed by atoms with Gasteiger partial charge in [0.2, 0.25) is 0 Å². The number of hydrogen-bond acceptors (Lipinski definition) is 3. The highest BCUT2D eigenvalue weighted by Crippen LogP contribution is 2.29. The molecule has 2 N–H and O–H groups in total. The predicted molar refractivity (Wildman–Crippen MR) is 70.6 cm³/mol. The first-order valence-electron chi connectivity index (χ1n) is 5.79. The molecular formula is C12H12F2N2O3S. The van der Waals surface area contributed by atoms with Gasteiger partial charge in [0.15, 0.2) is 11.6 Å². The zero-order valence-electron chi connectivity index (χ0n) is 10.5. The van der Waals surface area contributed by atoms with Gasteiger partial charge in [0, 0.05) is 5.75 Å². The van der Waals surface area contributed by atoms with E-state index in [1.54, 1.807) is 6.92 Å². The number of hydrogen-bond donors (Lipinski definition) is 2. The largest absolute Gasteiger partial charge is 0.480 e. The summed E-state index contributed by atoms with van der Waals surface area (Å²) in [5.74, 6) is -3.12. The van der Waals surface area contributed by atoms with Crippen LogP contribution in [0.5, 0.6) is 0 Å². The Morgan fingerprint density at radius 3 is 2.80 bits per heavy atom. The number of nitrogens with one attached hydrogen (secondary N) is 1. The van der Waals surface area contributed by atoms with Gasteiger partial charge < -0.3 is 10.4 Å². The van der Waals surface area contributed by atoms with E-state index >= 15 is 0 Å². The maximum absolute atomic E-state index is 13.5. The third-order valence-electron chi connectivity index (χ3n) is 2.94. The summed E-state index contributed by atoms with van der Waals surface area (Å²) in [6, 6.07) is 1.65. The van der Waals surface area contributed by atoms with Crippen molar-refractivity contribution in [2.45, 2.75) is 18.3 Å². The average molecular weight is 302 g/mol. The molecule has 108 valence electrons. The number of rotatable bonds is 2. The number of urea groups is 1. The Labute approximate surface area is 117 Å². The van der Waals surface area contributed by atoms with Crippen LogP contribution in [0.3, 0.4) is 0 Å². The van der Waals surface area contributed by atoms with Crippen molar-refractivity contribution in [1.29, 1.82) is 0 Å². The maximum Gasteiger partial charge on any atom is 0.327 e. The van der Waals surface area contributed by atoms with Crippen molar-refractivity contribution in [3.05, 3.63) is 29.8 Å². The molecule has 8 heteroatoms. The van der Waals surface area contributed by atoms with Crippen molar-refractivity contribution < 1.29 is 23.5 Å². The van der Waals surface area contributed by atoms with Crippen LogP contribution in [0.15, 0.2) is 18.2 Å². The van der Waals surface area contributed by atoms with E-state index in [-0.39, 0.29) is 16.8 Å². The number of carboxylic acids is 1. The Bertz CT molecular complexity index is 556. The number of carboxylic acid groups (broad SMARTS) is 1. The molecule has 1 heterocycles. The number of carbonyl (C=O) groups is 2. The van der Waals surface area contributed by atoms with Crippen molar-refractivity contribution in [2.75, 3.05) is 11.1 Å². The lowest BCUT2D eigenvalue weighted by molar-refractivity contribution is -0.141. The monoisotopic (exact) mass is 302 g/mol. The maximum atomic E-state index is 13.5. The molecule has 1 fully saturated rings. The third-order valence-corrected chi connectivity index (χ3v) is 4.15. The third kappa shape index (κ3) is 2.69. The number of benzene rings is 1. The number of carbonyl (C=O) groups excluding carboxylic acids is 1. The minimum Gasteiger partial charge on any atom is -0.480 e. The van der Waals surface area contributed by atoms with Crippen molar-refractivity contribution in [2.24, 2.45) is 0 Å². The Kier molecular flexibility index (Phi) is 4.12. The molecule has 1 aliphatic rings. The molecular weight excluding hydrogens is 290 g/mol. The Morgan fingerprint density at radius 1 is 1.45 bits per heavy atom. The van der Waals surface area contributed by atoms with E-state index in [1.165, 1.54) is 23.9 Å². The average Bonchev–Trinajstić information content (AvgIpc) is 2.77. The summed E-state index contributed by atoms with van der Waals surface area (Å²) >= 11 is 1.30. The Hall–Kier alpha value is -1.83. The predicted octanol–water partition coefficient (Wildman–Crippen LogP) is 2.34. The number of anilines is 1. The van der Waals surface area contributed by atoms with Crippen LogP contribution in [-0.4, -0.2) is 39.2 Å². The van der Waals surface area contributed by atoms with E-state index in [9.17, 15) is 18.4 Å². The van der Waals surface area contributed by atoms with Crippen LogP contribution in [0.25, 0.3) is 0 Å². The molecule has 0 bridgehead atoms. The van der Waals surface area contributed by atoms with E-state index in [4.69, 9.17) is 5.11 Å². The molecule has 2 amide bonds. The molecule has 1 aliphatic heterocycles. The lowest BCUT2D eigenvalue weighted by Gasteiger charge is -2.25. The van der Waals surface area contributed by atoms with Gasteiger partial charge in [-0.25, -0.2) is 18.4 Å². The van der Waals surface area contributed by atoms with Crippen LogP contribution >= 0.6 is 11.8 Å². The van der Waals surface area contributed by atoms with Crippen LogP contribution in [0.4, 0.5) is 19.3 Å². The van der Waals surface area contributed by atoms with E-state index in [2.05, 4.69) is 5.32 Å². The van der Waals surface area contributed by atoms with Crippen molar-refractivity contribution >= 4 is 29.4 Å². The summed E-state index contributed by atoms with van der Waals surface area (Å²) in [5.41, 5.74) is -0.316. The molecule has 0 saturated carbocycles. The van der Waals surface area contributed by atoms with Gasteiger partial charge in [-0.3, -0.25) is 4.90 Å². The fourth-order valence-electron chi connectivity index (χ4n) is 1.92. The quantitative estimate of drug-likeness (QED) is 0.880. The van der Waals surface area contributed by atoms with Gasteiger partial charge in [0.1, 0.15) is 6.04 Å². The molecule has 2 unspecified atom stereocenters. The molecule has 0 aromatic heterocycles. The second-order valence-corrected chi connectivity index (χ2v) is 5.57. The number of thioether (sulfide) groups is 1. The van der Waals surface area contributed by atoms with Crippen LogP contribution < -0.4 is 5.32 Å². The van der Waals surface area contributed by atoms with Crippen molar-refractivity contribution in [3.63, 3.8) is 0 Å². The Balaban J connectivity index is 2.19. The summed E-state index contributed by atoms with van der Waals surface area (Å²) in [7, 11) is 0. The van der Waals surface area contributed by atoms with Gasteiger partial charge in [-0.05, 0) is 19.1 Å². The van der Waals surface area contributed by atoms with Gasteiger partial charge in [0.05, 0.1) is 11.1 Å². The highest BCUT2D eigenvalue weighted by molar-refractivity contribution is 8.00. The van der Waals surface area contributed by atoms with Gasteiger partial charge in [-0.1, -0.05) is 6.07 Å². The lowest BCUT2D eigenvalue weighted by Crippen LogP contribution is -2.46. The first kappa shape index (κ1) is 14.6. The van der Waals surface area contributed by atoms with E-state index in [1.807, 2.05) is 0 Å². The van der Waals surface area contributed by atoms with Crippen molar-refractivity contribution in [1.82, 2.24) is 4.90 Å². The number of halogens is 2. The van der Waals surface area contributed by atoms with Gasteiger partial charge in [-0.15, -0.1) is 11.8 Å². The molecule has 1 aromatic rings. The molecule has 2 rings (SSSR count). The molecule has 1 aromatic carbocycles. The topological polar surface area (TPSA) is 69.6 Å². The lowest BCUT2D eigenvalue weighted by atomic mass is 10.2. The summed E-state index contributed by atoms with van der Waals surface area (Å²) in [5, 5.41) is 10.9. The molecule has 2 atom stereocenters. The normalized spacial score (nSPS) is 21.9. The van der Waals surface area contributed by atoms with Gasteiger partial charge in [-0.2, -0.15) is 0 Å². The smallest absolute Gasteiger partial charge is 0.327 e. The minimum absolute atomic E-state index is 0.259. The SMILES string of the molecule is CC1SCC(C(=O)O)N1C(=O)Nc1cccc(F)c1F. The summed E-state index contributed by atoms with van der Waals surface area (Å²) in [6.07, 6.45) is 0. The Morgan fingerprint density at radius 2 is 2.15 bits per heavy atom. The first-order valence-corrected chi connectivity index (χ1v) is 6.84. The second kappa shape index (κ2) is 5.66. The highest BCUT2D eigenvalue weighted by Gasteiger charge is 2.39. The molecule has 0 spiro atoms. The summed E-state index contributed by atoms with van der Waals surface area (Å²) < 4.78 is 26.5. The second-order valence-electron chi connectivity index (χ2n) is 4.23. The standard InChI is InChI=1S/C12H12F2N2O3S/c1-6-16(9(5-20-6)11(17)18)12(19)15-8-4-2-3-7(13)10(8)14/h2-4,6,9H,5H2,1H3,(H,15,19)(H,17,18). The van der Waals surface area contributed by atoms with Crippen LogP contribution in [0.2, 0.25) is 0 Å². The zero-order chi connectivity index (χ0) is 14.9.